The Morgan fingerprint density at radius 2 is 2.13 bits per heavy atom. The molecule has 1 fully saturated rings. The van der Waals surface area contributed by atoms with E-state index in [4.69, 9.17) is 4.42 Å². The fourth-order valence-corrected chi connectivity index (χ4v) is 2.99. The maximum Gasteiger partial charge on any atom is 0.311 e. The van der Waals surface area contributed by atoms with Crippen LogP contribution in [0.1, 0.15) is 13.8 Å². The normalized spacial score (nSPS) is 23.3. The van der Waals surface area contributed by atoms with E-state index in [1.54, 1.807) is 0 Å². The van der Waals surface area contributed by atoms with Gasteiger partial charge in [0.05, 0.1) is 6.26 Å². The van der Waals surface area contributed by atoms with Crippen LogP contribution in [0.15, 0.2) is 22.8 Å². The number of hydrogen-bond donors (Lipinski definition) is 1. The summed E-state index contributed by atoms with van der Waals surface area (Å²) in [7, 11) is -3.83. The molecule has 0 bridgehead atoms. The van der Waals surface area contributed by atoms with Gasteiger partial charge in [0.2, 0.25) is 5.88 Å². The molecular formula is C8H10N2O4S. The van der Waals surface area contributed by atoms with Gasteiger partial charge in [0, 0.05) is 6.07 Å². The highest BCUT2D eigenvalue weighted by molar-refractivity contribution is 7.92. The van der Waals surface area contributed by atoms with Crippen molar-refractivity contribution in [1.29, 1.82) is 0 Å². The molecule has 1 amide bonds. The Hall–Kier alpha value is -1.34. The van der Waals surface area contributed by atoms with Crippen LogP contribution in [0.5, 0.6) is 0 Å². The topological polar surface area (TPSA) is 79.6 Å². The number of rotatable bonds is 1. The van der Waals surface area contributed by atoms with Gasteiger partial charge in [-0.2, -0.15) is 17.4 Å². The van der Waals surface area contributed by atoms with Crippen LogP contribution in [0.2, 0.25) is 0 Å². The second kappa shape index (κ2) is 2.83. The maximum absolute atomic E-state index is 11.8. The number of carbonyl (C=O) groups excluding carboxylic acids is 1. The minimum atomic E-state index is -3.83. The molecule has 6 nitrogen and oxygen atoms in total. The van der Waals surface area contributed by atoms with Crippen molar-refractivity contribution in [3.63, 3.8) is 0 Å². The molecule has 7 heteroatoms. The van der Waals surface area contributed by atoms with Gasteiger partial charge in [-0.15, -0.1) is 0 Å². The summed E-state index contributed by atoms with van der Waals surface area (Å²) in [5.74, 6) is -0.560. The smallest absolute Gasteiger partial charge is 0.311 e. The molecule has 0 aliphatic carbocycles. The van der Waals surface area contributed by atoms with Crippen LogP contribution in [0, 0.1) is 0 Å². The summed E-state index contributed by atoms with van der Waals surface area (Å²) in [4.78, 5) is 11.8. The molecular weight excluding hydrogens is 220 g/mol. The lowest BCUT2D eigenvalue weighted by atomic mass is 10.1. The highest BCUT2D eigenvalue weighted by Crippen LogP contribution is 2.27. The largest absolute Gasteiger partial charge is 0.447 e. The van der Waals surface area contributed by atoms with Gasteiger partial charge in [-0.05, 0) is 19.9 Å². The van der Waals surface area contributed by atoms with Gasteiger partial charge in [0.1, 0.15) is 5.54 Å². The van der Waals surface area contributed by atoms with Crippen molar-refractivity contribution < 1.29 is 17.6 Å². The number of nitrogens with zero attached hydrogens (tertiary/aromatic N) is 1. The first-order chi connectivity index (χ1) is 6.84. The molecule has 1 aromatic heterocycles. The third-order valence-electron chi connectivity index (χ3n) is 2.05. The minimum Gasteiger partial charge on any atom is -0.447 e. The van der Waals surface area contributed by atoms with E-state index in [9.17, 15) is 13.2 Å². The number of hydrogen-bond acceptors (Lipinski definition) is 4. The van der Waals surface area contributed by atoms with Crippen molar-refractivity contribution in [2.24, 2.45) is 0 Å². The summed E-state index contributed by atoms with van der Waals surface area (Å²) in [6.45, 7) is 2.99. The number of amides is 1. The van der Waals surface area contributed by atoms with Crippen LogP contribution < -0.4 is 9.03 Å². The van der Waals surface area contributed by atoms with E-state index in [0.29, 0.717) is 4.31 Å². The number of carbonyl (C=O) groups is 1. The molecule has 82 valence electrons. The second-order valence-electron chi connectivity index (χ2n) is 3.75. The van der Waals surface area contributed by atoms with Crippen molar-refractivity contribution in [3.8, 4) is 0 Å². The van der Waals surface area contributed by atoms with E-state index < -0.39 is 21.7 Å². The number of furan rings is 1. The van der Waals surface area contributed by atoms with Crippen molar-refractivity contribution >= 4 is 22.0 Å². The van der Waals surface area contributed by atoms with Crippen LogP contribution in [-0.2, 0) is 15.0 Å². The predicted octanol–water partition coefficient (Wildman–Crippen LogP) is 0.239. The zero-order chi connectivity index (χ0) is 11.3. The van der Waals surface area contributed by atoms with Gasteiger partial charge in [-0.3, -0.25) is 4.79 Å². The lowest BCUT2D eigenvalue weighted by molar-refractivity contribution is -0.121. The third kappa shape index (κ3) is 1.44. The molecule has 0 spiro atoms. The molecule has 2 heterocycles. The molecule has 1 N–H and O–H groups in total. The average molecular weight is 230 g/mol. The molecule has 0 atom stereocenters. The van der Waals surface area contributed by atoms with Crippen LogP contribution in [0.25, 0.3) is 0 Å². The Morgan fingerprint density at radius 3 is 2.53 bits per heavy atom. The van der Waals surface area contributed by atoms with E-state index in [0.717, 1.165) is 0 Å². The van der Waals surface area contributed by atoms with Gasteiger partial charge in [0.15, 0.2) is 0 Å². The molecule has 0 radical (unpaired) electrons. The second-order valence-corrected chi connectivity index (χ2v) is 5.27. The van der Waals surface area contributed by atoms with E-state index in [-0.39, 0.29) is 5.88 Å². The molecule has 1 aliphatic rings. The summed E-state index contributed by atoms with van der Waals surface area (Å²) in [6, 6.07) is 2.93. The summed E-state index contributed by atoms with van der Waals surface area (Å²) in [5, 5.41) is 0. The van der Waals surface area contributed by atoms with Gasteiger partial charge >= 0.3 is 10.2 Å². The quantitative estimate of drug-likeness (QED) is 0.749. The van der Waals surface area contributed by atoms with Gasteiger partial charge in [-0.1, -0.05) is 0 Å². The van der Waals surface area contributed by atoms with Crippen LogP contribution in [-0.4, -0.2) is 19.9 Å². The minimum absolute atomic E-state index is 0.00178. The fourth-order valence-electron chi connectivity index (χ4n) is 1.38. The molecule has 0 saturated carbocycles. The lowest BCUT2D eigenvalue weighted by Crippen LogP contribution is -2.40. The van der Waals surface area contributed by atoms with Crippen molar-refractivity contribution in [3.05, 3.63) is 18.4 Å². The SMILES string of the molecule is CC1(C)NS(=O)(=O)N(c2ccco2)C1=O. The molecule has 1 aliphatic heterocycles. The van der Waals surface area contributed by atoms with Crippen LogP contribution >= 0.6 is 0 Å². The Morgan fingerprint density at radius 1 is 1.47 bits per heavy atom. The standard InChI is InChI=1S/C8H10N2O4S/c1-8(2)7(11)10(15(12,13)9-8)6-4-3-5-14-6/h3-5,9H,1-2H3. The van der Waals surface area contributed by atoms with Crippen molar-refractivity contribution in [2.75, 3.05) is 4.31 Å². The zero-order valence-electron chi connectivity index (χ0n) is 8.22. The summed E-state index contributed by atoms with van der Waals surface area (Å²) in [5.41, 5.74) is -1.13. The fraction of sp³-hybridized carbons (Fsp3) is 0.375. The van der Waals surface area contributed by atoms with Gasteiger partial charge < -0.3 is 4.42 Å². The summed E-state index contributed by atoms with van der Waals surface area (Å²) < 4.78 is 31.0. The van der Waals surface area contributed by atoms with E-state index in [1.165, 1.54) is 32.2 Å². The molecule has 1 aromatic rings. The molecule has 2 rings (SSSR count). The number of nitrogens with one attached hydrogen (secondary N) is 1. The third-order valence-corrected chi connectivity index (χ3v) is 3.64. The monoisotopic (exact) mass is 230 g/mol. The lowest BCUT2D eigenvalue weighted by Gasteiger charge is -2.12. The summed E-state index contributed by atoms with van der Waals surface area (Å²) in [6.07, 6.45) is 1.31. The molecule has 15 heavy (non-hydrogen) atoms. The van der Waals surface area contributed by atoms with Gasteiger partial charge in [0.25, 0.3) is 5.91 Å². The van der Waals surface area contributed by atoms with Crippen molar-refractivity contribution in [2.45, 2.75) is 19.4 Å². The Bertz CT molecular complexity index is 489. The first kappa shape index (κ1) is 10.2. The number of anilines is 1. The highest BCUT2D eigenvalue weighted by Gasteiger charge is 2.50. The predicted molar refractivity (Wildman–Crippen MR) is 52.3 cm³/mol. The molecule has 0 unspecified atom stereocenters. The van der Waals surface area contributed by atoms with Crippen LogP contribution in [0.4, 0.5) is 5.88 Å². The Labute approximate surface area is 87.0 Å². The van der Waals surface area contributed by atoms with E-state index >= 15 is 0 Å². The first-order valence-corrected chi connectivity index (χ1v) is 5.71. The molecule has 0 aromatic carbocycles. The average Bonchev–Trinajstić information content (AvgIpc) is 2.58. The van der Waals surface area contributed by atoms with E-state index in [1.807, 2.05) is 0 Å². The maximum atomic E-state index is 11.8. The van der Waals surface area contributed by atoms with Crippen LogP contribution in [0.3, 0.4) is 0 Å². The Balaban J connectivity index is 2.54. The Kier molecular flexibility index (Phi) is 1.92. The molecule has 1 saturated heterocycles. The highest BCUT2D eigenvalue weighted by atomic mass is 32.2. The van der Waals surface area contributed by atoms with Gasteiger partial charge in [-0.25, -0.2) is 0 Å². The first-order valence-electron chi connectivity index (χ1n) is 4.27. The zero-order valence-corrected chi connectivity index (χ0v) is 9.04. The van der Waals surface area contributed by atoms with Crippen molar-refractivity contribution in [1.82, 2.24) is 4.72 Å². The van der Waals surface area contributed by atoms with E-state index in [2.05, 4.69) is 4.72 Å². The summed E-state index contributed by atoms with van der Waals surface area (Å²) >= 11 is 0.